The number of hydrogen-bond donors (Lipinski definition) is 1. The van der Waals surface area contributed by atoms with E-state index >= 15 is 0 Å². The van der Waals surface area contributed by atoms with E-state index in [1.165, 1.54) is 0 Å². The standard InChI is InChI=1S/C31H49BrN2O5S/c1-8-10-14-18-39-28(38)22-23-26(36)33(16-12-11-13-17-35)25(31(23)19-21(32)24(22)40-31)27(37)34(15-9-2)30(6,7)20-29(3,4)5/h8-9,21-25,35H,1-2,10-20H2,3-7H3/t21?,22-,23-,24-,25?,31?/m0/s1. The van der Waals surface area contributed by atoms with Crippen molar-refractivity contribution < 1.29 is 24.2 Å². The number of allylic oxidation sites excluding steroid dienone is 1. The Morgan fingerprint density at radius 1 is 1.18 bits per heavy atom. The number of rotatable bonds is 15. The highest BCUT2D eigenvalue weighted by Gasteiger charge is 2.76. The summed E-state index contributed by atoms with van der Waals surface area (Å²) in [4.78, 5) is 46.1. The molecule has 1 spiro atoms. The van der Waals surface area contributed by atoms with Crippen LogP contribution in [0.1, 0.15) is 79.6 Å². The van der Waals surface area contributed by atoms with E-state index in [0.29, 0.717) is 45.4 Å². The third kappa shape index (κ3) is 6.67. The number of ether oxygens (including phenoxy) is 1. The van der Waals surface area contributed by atoms with Crippen molar-refractivity contribution in [3.8, 4) is 0 Å². The first-order valence-corrected chi connectivity index (χ1v) is 16.5. The van der Waals surface area contributed by atoms with Gasteiger partial charge in [0.1, 0.15) is 6.04 Å². The highest BCUT2D eigenvalue weighted by atomic mass is 79.9. The topological polar surface area (TPSA) is 87.1 Å². The Bertz CT molecular complexity index is 966. The first kappa shape index (κ1) is 33.2. The Balaban J connectivity index is 2.01. The summed E-state index contributed by atoms with van der Waals surface area (Å²) in [7, 11) is 0. The molecule has 3 heterocycles. The predicted octanol–water partition coefficient (Wildman–Crippen LogP) is 5.35. The number of thioether (sulfide) groups is 1. The van der Waals surface area contributed by atoms with Crippen molar-refractivity contribution in [2.24, 2.45) is 17.3 Å². The van der Waals surface area contributed by atoms with Crippen LogP contribution < -0.4 is 0 Å². The maximum absolute atomic E-state index is 14.8. The summed E-state index contributed by atoms with van der Waals surface area (Å²) in [5.41, 5.74) is -0.482. The fraction of sp³-hybridized carbons (Fsp3) is 0.774. The van der Waals surface area contributed by atoms with Crippen LogP contribution in [-0.2, 0) is 19.1 Å². The zero-order valence-electron chi connectivity index (χ0n) is 25.0. The highest BCUT2D eigenvalue weighted by Crippen LogP contribution is 2.68. The molecule has 226 valence electrons. The van der Waals surface area contributed by atoms with Crippen LogP contribution in [0.2, 0.25) is 0 Å². The monoisotopic (exact) mass is 640 g/mol. The van der Waals surface area contributed by atoms with E-state index in [2.05, 4.69) is 63.7 Å². The van der Waals surface area contributed by atoms with E-state index in [9.17, 15) is 19.5 Å². The molecule has 0 aromatic rings. The first-order chi connectivity index (χ1) is 18.8. The Labute approximate surface area is 253 Å². The Hall–Kier alpha value is -1.32. The summed E-state index contributed by atoms with van der Waals surface area (Å²) in [6.07, 6.45) is 8.53. The lowest BCUT2D eigenvalue weighted by atomic mass is 9.70. The van der Waals surface area contributed by atoms with Crippen molar-refractivity contribution in [1.82, 2.24) is 9.80 Å². The third-order valence-corrected chi connectivity index (χ3v) is 11.6. The number of halogens is 1. The second-order valence-electron chi connectivity index (χ2n) is 13.4. The summed E-state index contributed by atoms with van der Waals surface area (Å²) in [5, 5.41) is 9.17. The minimum absolute atomic E-state index is 0.00681. The Morgan fingerprint density at radius 2 is 1.88 bits per heavy atom. The van der Waals surface area contributed by atoms with Crippen LogP contribution in [0.3, 0.4) is 0 Å². The van der Waals surface area contributed by atoms with Crippen molar-refractivity contribution in [2.75, 3.05) is 26.3 Å². The molecule has 0 radical (unpaired) electrons. The summed E-state index contributed by atoms with van der Waals surface area (Å²) in [6.45, 7) is 19.6. The van der Waals surface area contributed by atoms with E-state index in [4.69, 9.17) is 4.74 Å². The van der Waals surface area contributed by atoms with Crippen LogP contribution in [0.4, 0.5) is 0 Å². The van der Waals surface area contributed by atoms with Gasteiger partial charge in [0.15, 0.2) is 0 Å². The number of amides is 2. The minimum atomic E-state index is -0.702. The molecule has 2 bridgehead atoms. The quantitative estimate of drug-likeness (QED) is 0.112. The van der Waals surface area contributed by atoms with E-state index in [1.54, 1.807) is 28.8 Å². The molecule has 3 rings (SSSR count). The summed E-state index contributed by atoms with van der Waals surface area (Å²) in [6, 6.07) is -0.674. The van der Waals surface area contributed by atoms with Gasteiger partial charge in [0, 0.05) is 35.3 Å². The SMILES string of the molecule is C=CCCCOC(=O)[C@H]1[C@H]2C(=O)N(CCCCCO)C(C(=O)N(CC=C)C(C)(C)CC(C)(C)C)C23CC(Br)[C@@H]1S3. The van der Waals surface area contributed by atoms with E-state index < -0.39 is 28.2 Å². The number of fused-ring (bicyclic) bond motifs is 1. The zero-order chi connectivity index (χ0) is 29.9. The molecule has 3 fully saturated rings. The van der Waals surface area contributed by atoms with Gasteiger partial charge >= 0.3 is 5.97 Å². The molecule has 40 heavy (non-hydrogen) atoms. The van der Waals surface area contributed by atoms with Crippen molar-refractivity contribution in [3.63, 3.8) is 0 Å². The van der Waals surface area contributed by atoms with Gasteiger partial charge in [-0.05, 0) is 64.2 Å². The Morgan fingerprint density at radius 3 is 2.48 bits per heavy atom. The molecule has 9 heteroatoms. The number of unbranched alkanes of at least 4 members (excludes halogenated alkanes) is 3. The number of aliphatic hydroxyl groups is 1. The van der Waals surface area contributed by atoms with Crippen molar-refractivity contribution in [1.29, 1.82) is 0 Å². The average Bonchev–Trinajstić information content (AvgIpc) is 3.44. The van der Waals surface area contributed by atoms with Crippen LogP contribution in [0.15, 0.2) is 25.3 Å². The molecule has 3 saturated heterocycles. The minimum Gasteiger partial charge on any atom is -0.465 e. The van der Waals surface area contributed by atoms with Crippen LogP contribution in [-0.4, -0.2) is 85.4 Å². The molecule has 7 nitrogen and oxygen atoms in total. The summed E-state index contributed by atoms with van der Waals surface area (Å²) >= 11 is 5.47. The van der Waals surface area contributed by atoms with Crippen molar-refractivity contribution in [3.05, 3.63) is 25.3 Å². The number of aliphatic hydroxyl groups excluding tert-OH is 1. The van der Waals surface area contributed by atoms with Gasteiger partial charge in [0.05, 0.1) is 23.2 Å². The van der Waals surface area contributed by atoms with E-state index in [0.717, 1.165) is 19.3 Å². The number of carbonyl (C=O) groups is 3. The van der Waals surface area contributed by atoms with Crippen LogP contribution in [0.25, 0.3) is 0 Å². The van der Waals surface area contributed by atoms with Gasteiger partial charge in [-0.15, -0.1) is 24.9 Å². The van der Waals surface area contributed by atoms with Gasteiger partial charge in [0.2, 0.25) is 11.8 Å². The molecule has 0 aromatic carbocycles. The second-order valence-corrected chi connectivity index (χ2v) is 16.1. The number of nitrogens with zero attached hydrogens (tertiary/aromatic N) is 2. The predicted molar refractivity (Wildman–Crippen MR) is 165 cm³/mol. The third-order valence-electron chi connectivity index (χ3n) is 8.42. The van der Waals surface area contributed by atoms with Gasteiger partial charge in [-0.25, -0.2) is 0 Å². The number of likely N-dealkylation sites (tertiary alicyclic amines) is 1. The van der Waals surface area contributed by atoms with Crippen LogP contribution in [0, 0.1) is 17.3 Å². The number of hydrogen-bond acceptors (Lipinski definition) is 6. The normalized spacial score (nSPS) is 29.4. The number of esters is 1. The molecule has 0 saturated carbocycles. The molecule has 1 N–H and O–H groups in total. The highest BCUT2D eigenvalue weighted by molar-refractivity contribution is 9.09. The largest absolute Gasteiger partial charge is 0.465 e. The number of carbonyl (C=O) groups excluding carboxylic acids is 3. The van der Waals surface area contributed by atoms with Gasteiger partial charge in [-0.1, -0.05) is 48.9 Å². The molecule has 0 aliphatic carbocycles. The molecular weight excluding hydrogens is 592 g/mol. The fourth-order valence-electron chi connectivity index (χ4n) is 7.29. The second kappa shape index (κ2) is 13.3. The molecule has 3 aliphatic rings. The Kier molecular flexibility index (Phi) is 11.1. The molecule has 3 unspecified atom stereocenters. The molecule has 2 amide bonds. The lowest BCUT2D eigenvalue weighted by molar-refractivity contribution is -0.154. The summed E-state index contributed by atoms with van der Waals surface area (Å²) < 4.78 is 4.99. The lowest BCUT2D eigenvalue weighted by Gasteiger charge is -2.46. The van der Waals surface area contributed by atoms with E-state index in [-0.39, 0.29) is 39.9 Å². The van der Waals surface area contributed by atoms with Gasteiger partial charge in [0.25, 0.3) is 0 Å². The molecule has 3 aliphatic heterocycles. The van der Waals surface area contributed by atoms with Gasteiger partial charge in [-0.3, -0.25) is 14.4 Å². The smallest absolute Gasteiger partial charge is 0.310 e. The number of alkyl halides is 1. The maximum Gasteiger partial charge on any atom is 0.310 e. The molecule has 6 atom stereocenters. The molecular formula is C31H49BrN2O5S. The van der Waals surface area contributed by atoms with Gasteiger partial charge in [-0.2, -0.15) is 0 Å². The fourth-order valence-corrected chi connectivity index (χ4v) is 10.9. The van der Waals surface area contributed by atoms with Crippen molar-refractivity contribution >= 4 is 45.5 Å². The molecule has 0 aromatic heterocycles. The van der Waals surface area contributed by atoms with E-state index in [1.807, 2.05) is 4.90 Å². The van der Waals surface area contributed by atoms with Crippen molar-refractivity contribution in [2.45, 2.75) is 106 Å². The average molecular weight is 642 g/mol. The van der Waals surface area contributed by atoms with Gasteiger partial charge < -0.3 is 19.6 Å². The summed E-state index contributed by atoms with van der Waals surface area (Å²) in [5.74, 6) is -1.70. The van der Waals surface area contributed by atoms with Crippen LogP contribution in [0.5, 0.6) is 0 Å². The lowest BCUT2D eigenvalue weighted by Crippen LogP contribution is -2.60. The first-order valence-electron chi connectivity index (χ1n) is 14.7. The zero-order valence-corrected chi connectivity index (χ0v) is 27.4. The van der Waals surface area contributed by atoms with Crippen LogP contribution >= 0.6 is 27.7 Å². The maximum atomic E-state index is 14.8.